The highest BCUT2D eigenvalue weighted by molar-refractivity contribution is 14.0. The molecule has 0 saturated carbocycles. The number of hydrogen-bond donors (Lipinski definition) is 3. The van der Waals surface area contributed by atoms with Crippen LogP contribution in [-0.2, 0) is 13.1 Å². The standard InChI is InChI=1S/C24H29N5O2.HI/c1-4-25-22(30)20-8-6-7-18(13-20)14-27-24(26-5-2)28-15-21-16-31-23(29-21)19-11-9-17(3)10-12-19;/h6-13,16H,4-5,14-15H2,1-3H3,(H,25,30)(H2,26,27,28);1H. The lowest BCUT2D eigenvalue weighted by atomic mass is 10.1. The quantitative estimate of drug-likeness (QED) is 0.223. The summed E-state index contributed by atoms with van der Waals surface area (Å²) in [4.78, 5) is 21.2. The lowest BCUT2D eigenvalue weighted by Crippen LogP contribution is -2.36. The Morgan fingerprint density at radius 1 is 1.03 bits per heavy atom. The fraction of sp³-hybridized carbons (Fsp3) is 0.292. The second kappa shape index (κ2) is 12.8. The first-order chi connectivity index (χ1) is 15.1. The van der Waals surface area contributed by atoms with Crippen LogP contribution in [0, 0.1) is 6.92 Å². The van der Waals surface area contributed by atoms with Crippen LogP contribution in [0.2, 0.25) is 0 Å². The molecule has 8 heteroatoms. The van der Waals surface area contributed by atoms with Gasteiger partial charge >= 0.3 is 0 Å². The topological polar surface area (TPSA) is 91.5 Å². The number of amides is 1. The maximum atomic E-state index is 12.0. The SMILES string of the molecule is CCNC(=O)c1cccc(CN=C(NCC)NCc2coc(-c3ccc(C)cc3)n2)c1.I. The van der Waals surface area contributed by atoms with Gasteiger partial charge in [0.2, 0.25) is 5.89 Å². The van der Waals surface area contributed by atoms with E-state index in [4.69, 9.17) is 4.42 Å². The normalized spacial score (nSPS) is 10.9. The Bertz CT molecular complexity index is 1030. The van der Waals surface area contributed by atoms with Crippen molar-refractivity contribution in [2.45, 2.75) is 33.9 Å². The Morgan fingerprint density at radius 2 is 1.78 bits per heavy atom. The van der Waals surface area contributed by atoms with Gasteiger partial charge in [-0.3, -0.25) is 4.79 Å². The van der Waals surface area contributed by atoms with Crippen LogP contribution in [0.25, 0.3) is 11.5 Å². The zero-order valence-electron chi connectivity index (χ0n) is 18.6. The fourth-order valence-corrected chi connectivity index (χ4v) is 2.98. The maximum Gasteiger partial charge on any atom is 0.251 e. The molecule has 1 aromatic heterocycles. The zero-order valence-corrected chi connectivity index (χ0v) is 21.0. The molecule has 0 aliphatic rings. The summed E-state index contributed by atoms with van der Waals surface area (Å²) in [6, 6.07) is 15.6. The molecule has 0 saturated heterocycles. The molecule has 7 nitrogen and oxygen atoms in total. The molecule has 3 N–H and O–H groups in total. The summed E-state index contributed by atoms with van der Waals surface area (Å²) in [5, 5.41) is 9.32. The monoisotopic (exact) mass is 547 g/mol. The van der Waals surface area contributed by atoms with Crippen molar-refractivity contribution in [3.63, 3.8) is 0 Å². The predicted octanol–water partition coefficient (Wildman–Crippen LogP) is 4.27. The summed E-state index contributed by atoms with van der Waals surface area (Å²) in [7, 11) is 0. The summed E-state index contributed by atoms with van der Waals surface area (Å²) in [5.74, 6) is 1.19. The third kappa shape index (κ3) is 7.37. The number of carbonyl (C=O) groups excluding carboxylic acids is 1. The second-order valence-electron chi connectivity index (χ2n) is 7.12. The van der Waals surface area contributed by atoms with Crippen molar-refractivity contribution in [3.05, 3.63) is 77.2 Å². The molecule has 0 radical (unpaired) electrons. The highest BCUT2D eigenvalue weighted by Crippen LogP contribution is 2.19. The molecule has 1 amide bonds. The number of nitrogens with zero attached hydrogens (tertiary/aromatic N) is 2. The van der Waals surface area contributed by atoms with Gasteiger partial charge < -0.3 is 20.4 Å². The molecule has 0 aliphatic carbocycles. The van der Waals surface area contributed by atoms with Crippen LogP contribution in [0.4, 0.5) is 0 Å². The molecular weight excluding hydrogens is 517 g/mol. The molecule has 0 unspecified atom stereocenters. The number of rotatable bonds is 8. The van der Waals surface area contributed by atoms with Crippen LogP contribution in [-0.4, -0.2) is 29.9 Å². The Morgan fingerprint density at radius 3 is 2.50 bits per heavy atom. The molecule has 0 bridgehead atoms. The van der Waals surface area contributed by atoms with Crippen LogP contribution in [0.3, 0.4) is 0 Å². The van der Waals surface area contributed by atoms with Crippen molar-refractivity contribution in [2.75, 3.05) is 13.1 Å². The van der Waals surface area contributed by atoms with E-state index in [2.05, 4.69) is 25.9 Å². The first-order valence-corrected chi connectivity index (χ1v) is 10.5. The average molecular weight is 547 g/mol. The summed E-state index contributed by atoms with van der Waals surface area (Å²) in [6.45, 7) is 8.24. The molecule has 0 aliphatic heterocycles. The number of halogens is 1. The first kappa shape index (κ1) is 25.4. The van der Waals surface area contributed by atoms with E-state index in [1.54, 1.807) is 12.3 Å². The largest absolute Gasteiger partial charge is 0.444 e. The maximum absolute atomic E-state index is 12.0. The number of carbonyl (C=O) groups is 1. The summed E-state index contributed by atoms with van der Waals surface area (Å²) < 4.78 is 5.62. The van der Waals surface area contributed by atoms with Crippen LogP contribution < -0.4 is 16.0 Å². The molecule has 0 atom stereocenters. The molecule has 0 spiro atoms. The Labute approximate surface area is 206 Å². The molecule has 32 heavy (non-hydrogen) atoms. The van der Waals surface area contributed by atoms with Crippen LogP contribution in [0.5, 0.6) is 0 Å². The van der Waals surface area contributed by atoms with E-state index in [-0.39, 0.29) is 29.9 Å². The van der Waals surface area contributed by atoms with Gasteiger partial charge in [-0.15, -0.1) is 24.0 Å². The van der Waals surface area contributed by atoms with Gasteiger partial charge in [-0.1, -0.05) is 29.8 Å². The first-order valence-electron chi connectivity index (χ1n) is 10.5. The van der Waals surface area contributed by atoms with Crippen molar-refractivity contribution in [1.82, 2.24) is 20.9 Å². The highest BCUT2D eigenvalue weighted by atomic mass is 127. The van der Waals surface area contributed by atoms with Gasteiger partial charge in [0.1, 0.15) is 6.26 Å². The highest BCUT2D eigenvalue weighted by Gasteiger charge is 2.08. The van der Waals surface area contributed by atoms with Crippen molar-refractivity contribution < 1.29 is 9.21 Å². The van der Waals surface area contributed by atoms with Gasteiger partial charge in [0.05, 0.1) is 18.8 Å². The Kier molecular flexibility index (Phi) is 10.2. The third-order valence-corrected chi connectivity index (χ3v) is 4.58. The number of nitrogens with one attached hydrogen (secondary N) is 3. The number of aromatic nitrogens is 1. The van der Waals surface area contributed by atoms with E-state index in [1.807, 2.05) is 63.2 Å². The van der Waals surface area contributed by atoms with Crippen LogP contribution >= 0.6 is 24.0 Å². The van der Waals surface area contributed by atoms with E-state index >= 15 is 0 Å². The Balaban J connectivity index is 0.00000363. The number of benzene rings is 2. The van der Waals surface area contributed by atoms with E-state index in [0.29, 0.717) is 37.0 Å². The third-order valence-electron chi connectivity index (χ3n) is 4.58. The molecule has 1 heterocycles. The average Bonchev–Trinajstić information content (AvgIpc) is 3.25. The molecule has 2 aromatic carbocycles. The molecule has 0 fully saturated rings. The van der Waals surface area contributed by atoms with Crippen molar-refractivity contribution in [3.8, 4) is 11.5 Å². The molecule has 3 aromatic rings. The number of guanidine groups is 1. The minimum atomic E-state index is -0.0752. The zero-order chi connectivity index (χ0) is 22.1. The fourth-order valence-electron chi connectivity index (χ4n) is 2.98. The molecular formula is C24H30IN5O2. The van der Waals surface area contributed by atoms with Crippen LogP contribution in [0.1, 0.15) is 41.0 Å². The van der Waals surface area contributed by atoms with Gasteiger partial charge in [0, 0.05) is 24.2 Å². The predicted molar refractivity (Wildman–Crippen MR) is 138 cm³/mol. The smallest absolute Gasteiger partial charge is 0.251 e. The van der Waals surface area contributed by atoms with Crippen molar-refractivity contribution in [2.24, 2.45) is 4.99 Å². The van der Waals surface area contributed by atoms with Crippen LogP contribution in [0.15, 0.2) is 64.2 Å². The van der Waals surface area contributed by atoms with Crippen molar-refractivity contribution in [1.29, 1.82) is 0 Å². The minimum absolute atomic E-state index is 0. The summed E-state index contributed by atoms with van der Waals surface area (Å²) in [5.41, 5.74) is 4.53. The minimum Gasteiger partial charge on any atom is -0.444 e. The van der Waals surface area contributed by atoms with Gasteiger partial charge in [-0.25, -0.2) is 9.98 Å². The second-order valence-corrected chi connectivity index (χ2v) is 7.12. The van der Waals surface area contributed by atoms with E-state index in [9.17, 15) is 4.79 Å². The summed E-state index contributed by atoms with van der Waals surface area (Å²) >= 11 is 0. The Hall–Kier alpha value is -2.88. The molecule has 170 valence electrons. The number of aliphatic imine (C=N–C) groups is 1. The van der Waals surface area contributed by atoms with Gasteiger partial charge in [0.25, 0.3) is 5.91 Å². The lowest BCUT2D eigenvalue weighted by Gasteiger charge is -2.10. The van der Waals surface area contributed by atoms with Gasteiger partial charge in [-0.2, -0.15) is 0 Å². The van der Waals surface area contributed by atoms with Gasteiger partial charge in [0.15, 0.2) is 5.96 Å². The molecule has 3 rings (SSSR count). The van der Waals surface area contributed by atoms with E-state index < -0.39 is 0 Å². The number of aryl methyl sites for hydroxylation is 1. The van der Waals surface area contributed by atoms with E-state index in [1.165, 1.54) is 5.56 Å². The van der Waals surface area contributed by atoms with E-state index in [0.717, 1.165) is 23.4 Å². The lowest BCUT2D eigenvalue weighted by molar-refractivity contribution is 0.0955. The number of oxazole rings is 1. The number of hydrogen-bond acceptors (Lipinski definition) is 4. The van der Waals surface area contributed by atoms with Gasteiger partial charge in [-0.05, 0) is 50.6 Å². The van der Waals surface area contributed by atoms with Crippen molar-refractivity contribution >= 4 is 35.8 Å². The summed E-state index contributed by atoms with van der Waals surface area (Å²) in [6.07, 6.45) is 1.65.